The molecule has 0 aromatic heterocycles. The smallest absolute Gasteiger partial charge is 0.257 e. The number of carbonyl (C=O) groups is 3. The highest BCUT2D eigenvalue weighted by molar-refractivity contribution is 6.34. The maximum atomic E-state index is 14.8. The second kappa shape index (κ2) is 7.55. The number of hydrogen-bond donors (Lipinski definition) is 2. The minimum atomic E-state index is -1.13. The highest BCUT2D eigenvalue weighted by atomic mass is 35.5. The van der Waals surface area contributed by atoms with Crippen LogP contribution in [0.2, 0.25) is 5.02 Å². The predicted octanol–water partition coefficient (Wildman–Crippen LogP) is 4.73. The molecule has 2 N–H and O–H groups in total. The summed E-state index contributed by atoms with van der Waals surface area (Å²) < 4.78 is 29.0. The Labute approximate surface area is 171 Å². The summed E-state index contributed by atoms with van der Waals surface area (Å²) in [5.41, 5.74) is -0.961. The first kappa shape index (κ1) is 20.9. The minimum absolute atomic E-state index is 0.0182. The zero-order valence-corrected chi connectivity index (χ0v) is 16.8. The van der Waals surface area contributed by atoms with Gasteiger partial charge in [0.2, 0.25) is 5.91 Å². The molecule has 152 valence electrons. The molecular weight excluding hydrogens is 402 g/mol. The number of hydrogen-bond acceptors (Lipinski definition) is 3. The Morgan fingerprint density at radius 3 is 2.45 bits per heavy atom. The summed E-state index contributed by atoms with van der Waals surface area (Å²) in [4.78, 5) is 36.5. The van der Waals surface area contributed by atoms with Crippen molar-refractivity contribution in [3.8, 4) is 0 Å². The number of anilines is 2. The molecule has 5 nitrogen and oxygen atoms in total. The van der Waals surface area contributed by atoms with E-state index in [2.05, 4.69) is 10.6 Å². The molecule has 3 rings (SSSR count). The minimum Gasteiger partial charge on any atom is -0.321 e. The van der Waals surface area contributed by atoms with Crippen molar-refractivity contribution in [3.05, 3.63) is 58.1 Å². The van der Waals surface area contributed by atoms with Crippen molar-refractivity contribution < 1.29 is 23.2 Å². The average molecular weight is 421 g/mol. The number of amides is 2. The molecule has 0 heterocycles. The topological polar surface area (TPSA) is 75.3 Å². The van der Waals surface area contributed by atoms with Crippen LogP contribution in [-0.2, 0) is 9.59 Å². The largest absolute Gasteiger partial charge is 0.321 e. The fourth-order valence-electron chi connectivity index (χ4n) is 3.16. The van der Waals surface area contributed by atoms with E-state index in [1.54, 1.807) is 32.9 Å². The van der Waals surface area contributed by atoms with Gasteiger partial charge >= 0.3 is 0 Å². The van der Waals surface area contributed by atoms with Gasteiger partial charge in [-0.1, -0.05) is 37.1 Å². The number of benzene rings is 2. The normalized spacial score (nSPS) is 17.4. The lowest BCUT2D eigenvalue weighted by molar-refractivity contribution is -0.149. The molecule has 0 bridgehead atoms. The quantitative estimate of drug-likeness (QED) is 0.750. The third-order valence-electron chi connectivity index (χ3n) is 5.25. The highest BCUT2D eigenvalue weighted by Crippen LogP contribution is 2.43. The molecule has 1 unspecified atom stereocenters. The van der Waals surface area contributed by atoms with Crippen molar-refractivity contribution in [1.29, 1.82) is 0 Å². The molecule has 1 saturated carbocycles. The van der Waals surface area contributed by atoms with Crippen molar-refractivity contribution in [2.75, 3.05) is 10.6 Å². The number of rotatable bonds is 4. The summed E-state index contributed by atoms with van der Waals surface area (Å²) in [6.07, 6.45) is 0.0182. The first-order chi connectivity index (χ1) is 13.5. The Morgan fingerprint density at radius 1 is 1.14 bits per heavy atom. The number of ketones is 1. The van der Waals surface area contributed by atoms with Crippen LogP contribution < -0.4 is 10.6 Å². The van der Waals surface area contributed by atoms with Gasteiger partial charge in [-0.2, -0.15) is 0 Å². The van der Waals surface area contributed by atoms with E-state index in [4.69, 9.17) is 11.6 Å². The summed E-state index contributed by atoms with van der Waals surface area (Å²) in [5, 5.41) is 4.74. The van der Waals surface area contributed by atoms with Gasteiger partial charge in [0.1, 0.15) is 17.3 Å². The van der Waals surface area contributed by atoms with E-state index < -0.39 is 40.5 Å². The molecule has 29 heavy (non-hydrogen) atoms. The van der Waals surface area contributed by atoms with Crippen LogP contribution in [0.25, 0.3) is 0 Å². The monoisotopic (exact) mass is 420 g/mol. The molecule has 0 spiro atoms. The lowest BCUT2D eigenvalue weighted by atomic mass is 9.61. The van der Waals surface area contributed by atoms with Gasteiger partial charge in [-0.05, 0) is 31.2 Å². The van der Waals surface area contributed by atoms with E-state index in [0.717, 1.165) is 17.7 Å². The van der Waals surface area contributed by atoms with Gasteiger partial charge in [-0.3, -0.25) is 14.4 Å². The molecule has 0 radical (unpaired) electrons. The molecule has 2 aromatic carbocycles. The second-order valence-electron chi connectivity index (χ2n) is 7.61. The van der Waals surface area contributed by atoms with Gasteiger partial charge in [0, 0.05) is 11.8 Å². The zero-order valence-electron chi connectivity index (χ0n) is 16.0. The molecule has 1 fully saturated rings. The van der Waals surface area contributed by atoms with Crippen molar-refractivity contribution in [2.45, 2.75) is 27.2 Å². The standard InChI is InChI=1S/C21H19ClF2N2O3/c1-10-4-5-13(22)11(8-10)19(28)25-15-7-6-14(23)18(17(15)24)26-20(29)12-9-16(27)21(12,2)3/h4-8,12H,9H2,1-3H3,(H,25,28)(H,26,29). The lowest BCUT2D eigenvalue weighted by Crippen LogP contribution is -2.51. The first-order valence-corrected chi connectivity index (χ1v) is 9.30. The van der Waals surface area contributed by atoms with E-state index >= 15 is 0 Å². The van der Waals surface area contributed by atoms with Crippen LogP contribution in [0.3, 0.4) is 0 Å². The van der Waals surface area contributed by atoms with Crippen LogP contribution in [0.4, 0.5) is 20.2 Å². The van der Waals surface area contributed by atoms with Crippen molar-refractivity contribution in [2.24, 2.45) is 11.3 Å². The van der Waals surface area contributed by atoms with Crippen LogP contribution in [-0.4, -0.2) is 17.6 Å². The van der Waals surface area contributed by atoms with Gasteiger partial charge in [0.25, 0.3) is 5.91 Å². The number of halogens is 3. The van der Waals surface area contributed by atoms with E-state index in [1.807, 2.05) is 0 Å². The van der Waals surface area contributed by atoms with E-state index in [1.165, 1.54) is 6.07 Å². The van der Waals surface area contributed by atoms with Crippen LogP contribution in [0.5, 0.6) is 0 Å². The summed E-state index contributed by atoms with van der Waals surface area (Å²) in [6.45, 7) is 4.99. The van der Waals surface area contributed by atoms with Gasteiger partial charge in [0.05, 0.1) is 22.2 Å². The average Bonchev–Trinajstić information content (AvgIpc) is 2.66. The summed E-state index contributed by atoms with van der Waals surface area (Å²) in [5.74, 6) is -4.22. The number of carbonyl (C=O) groups excluding carboxylic acids is 3. The van der Waals surface area contributed by atoms with Gasteiger partial charge in [0.15, 0.2) is 5.82 Å². The molecule has 2 aromatic rings. The number of aryl methyl sites for hydroxylation is 1. The Bertz CT molecular complexity index is 1040. The Balaban J connectivity index is 1.84. The predicted molar refractivity (Wildman–Crippen MR) is 106 cm³/mol. The Hall–Kier alpha value is -2.80. The molecular formula is C21H19ClF2N2O3. The zero-order chi connectivity index (χ0) is 21.5. The Morgan fingerprint density at radius 2 is 1.83 bits per heavy atom. The van der Waals surface area contributed by atoms with Crippen molar-refractivity contribution in [1.82, 2.24) is 0 Å². The summed E-state index contributed by atoms with van der Waals surface area (Å²) >= 11 is 6.02. The van der Waals surface area contributed by atoms with Gasteiger partial charge < -0.3 is 10.6 Å². The fraction of sp³-hybridized carbons (Fsp3) is 0.286. The van der Waals surface area contributed by atoms with E-state index in [-0.39, 0.29) is 28.5 Å². The van der Waals surface area contributed by atoms with Crippen LogP contribution in [0.15, 0.2) is 30.3 Å². The van der Waals surface area contributed by atoms with Crippen molar-refractivity contribution >= 4 is 40.6 Å². The number of nitrogens with one attached hydrogen (secondary N) is 2. The van der Waals surface area contributed by atoms with Gasteiger partial charge in [-0.25, -0.2) is 8.78 Å². The summed E-state index contributed by atoms with van der Waals surface area (Å²) in [6, 6.07) is 6.79. The van der Waals surface area contributed by atoms with E-state index in [9.17, 15) is 23.2 Å². The lowest BCUT2D eigenvalue weighted by Gasteiger charge is -2.41. The number of Topliss-reactive ketones (excluding diaryl/α,β-unsaturated/α-hetero) is 1. The summed E-state index contributed by atoms with van der Waals surface area (Å²) in [7, 11) is 0. The molecule has 1 atom stereocenters. The first-order valence-electron chi connectivity index (χ1n) is 8.92. The van der Waals surface area contributed by atoms with E-state index in [0.29, 0.717) is 0 Å². The van der Waals surface area contributed by atoms with Gasteiger partial charge in [-0.15, -0.1) is 0 Å². The Kier molecular flexibility index (Phi) is 5.45. The SMILES string of the molecule is Cc1ccc(Cl)c(C(=O)Nc2ccc(F)c(NC(=O)C3CC(=O)C3(C)C)c2F)c1. The maximum Gasteiger partial charge on any atom is 0.257 e. The maximum absolute atomic E-state index is 14.8. The molecule has 8 heteroatoms. The second-order valence-corrected chi connectivity index (χ2v) is 8.02. The molecule has 1 aliphatic carbocycles. The fourth-order valence-corrected chi connectivity index (χ4v) is 3.37. The molecule has 2 amide bonds. The molecule has 0 saturated heterocycles. The van der Waals surface area contributed by atoms with Crippen molar-refractivity contribution in [3.63, 3.8) is 0 Å². The van der Waals surface area contributed by atoms with Crippen LogP contribution in [0.1, 0.15) is 36.2 Å². The molecule has 1 aliphatic rings. The highest BCUT2D eigenvalue weighted by Gasteiger charge is 2.51. The third kappa shape index (κ3) is 3.87. The van der Waals surface area contributed by atoms with Crippen LogP contribution in [0, 0.1) is 29.9 Å². The molecule has 0 aliphatic heterocycles. The third-order valence-corrected chi connectivity index (χ3v) is 5.58. The van der Waals surface area contributed by atoms with Crippen LogP contribution >= 0.6 is 11.6 Å².